The summed E-state index contributed by atoms with van der Waals surface area (Å²) in [4.78, 5) is 0. The molecule has 0 aromatic rings. The van der Waals surface area contributed by atoms with Gasteiger partial charge in [0.1, 0.15) is 0 Å². The van der Waals surface area contributed by atoms with Crippen LogP contribution >= 0.6 is 9.24 Å². The quantitative estimate of drug-likeness (QED) is 0.347. The first kappa shape index (κ1) is 6.29. The topological polar surface area (TPSA) is 0 Å². The van der Waals surface area contributed by atoms with Crippen LogP contribution in [0.15, 0.2) is 12.2 Å². The molecule has 2 atom stereocenters. The van der Waals surface area contributed by atoms with Crippen LogP contribution in [0.1, 0.15) is 25.7 Å². The predicted molar refractivity (Wildman–Crippen MR) is 41.1 cm³/mol. The zero-order valence-corrected chi connectivity index (χ0v) is 6.34. The van der Waals surface area contributed by atoms with Crippen molar-refractivity contribution in [2.45, 2.75) is 31.3 Å². The second-order valence-electron chi connectivity index (χ2n) is 2.51. The van der Waals surface area contributed by atoms with Crippen LogP contribution in [-0.4, -0.2) is 5.66 Å². The molecule has 0 spiro atoms. The molecule has 0 N–H and O–H groups in total. The smallest absolute Gasteiger partial charge is 0.00583 e. The molecule has 0 nitrogen and oxygen atoms in total. The third-order valence-electron chi connectivity index (χ3n) is 1.79. The Labute approximate surface area is 53.6 Å². The van der Waals surface area contributed by atoms with E-state index in [0.29, 0.717) is 0 Å². The average Bonchev–Trinajstić information content (AvgIpc) is 1.77. The maximum absolute atomic E-state index is 3.97. The van der Waals surface area contributed by atoms with Crippen molar-refractivity contribution in [2.24, 2.45) is 0 Å². The molecule has 0 aromatic carbocycles. The Morgan fingerprint density at radius 2 is 2.25 bits per heavy atom. The van der Waals surface area contributed by atoms with Gasteiger partial charge in [0.25, 0.3) is 0 Å². The molecule has 0 bridgehead atoms. The Morgan fingerprint density at radius 3 is 2.62 bits per heavy atom. The summed E-state index contributed by atoms with van der Waals surface area (Å²) in [6.07, 6.45) is 5.36. The van der Waals surface area contributed by atoms with E-state index in [1.54, 1.807) is 0 Å². The van der Waals surface area contributed by atoms with Crippen molar-refractivity contribution >= 4 is 9.24 Å². The molecule has 2 unspecified atom stereocenters. The Bertz CT molecular complexity index is 96.6. The van der Waals surface area contributed by atoms with Gasteiger partial charge in [-0.1, -0.05) is 18.6 Å². The standard InChI is InChI=1S/C7H13P/c1-6-4-2-3-5-7(6)8/h7H,1-5,8H2. The van der Waals surface area contributed by atoms with E-state index < -0.39 is 0 Å². The maximum Gasteiger partial charge on any atom is -0.00583 e. The van der Waals surface area contributed by atoms with Crippen molar-refractivity contribution in [2.75, 3.05) is 0 Å². The summed E-state index contributed by atoms with van der Waals surface area (Å²) in [6, 6.07) is 0. The molecular weight excluding hydrogens is 115 g/mol. The lowest BCUT2D eigenvalue weighted by Gasteiger charge is -2.19. The second kappa shape index (κ2) is 2.64. The highest BCUT2D eigenvalue weighted by atomic mass is 31.0. The highest BCUT2D eigenvalue weighted by molar-refractivity contribution is 7.18. The van der Waals surface area contributed by atoms with Crippen molar-refractivity contribution < 1.29 is 0 Å². The Kier molecular flexibility index (Phi) is 2.08. The minimum Gasteiger partial charge on any atom is -0.130 e. The van der Waals surface area contributed by atoms with Gasteiger partial charge in [-0.25, -0.2) is 0 Å². The summed E-state index contributed by atoms with van der Waals surface area (Å²) in [5.41, 5.74) is 2.16. The molecular formula is C7H13P. The largest absolute Gasteiger partial charge is 0.130 e. The van der Waals surface area contributed by atoms with E-state index in [4.69, 9.17) is 0 Å². The van der Waals surface area contributed by atoms with E-state index in [1.807, 2.05) is 0 Å². The molecule has 0 saturated heterocycles. The van der Waals surface area contributed by atoms with Gasteiger partial charge in [-0.2, -0.15) is 0 Å². The number of hydrogen-bond acceptors (Lipinski definition) is 0. The third kappa shape index (κ3) is 1.32. The second-order valence-corrected chi connectivity index (χ2v) is 3.32. The Hall–Kier alpha value is 0.170. The van der Waals surface area contributed by atoms with Gasteiger partial charge < -0.3 is 0 Å². The first-order valence-corrected chi connectivity index (χ1v) is 3.90. The fraction of sp³-hybridized carbons (Fsp3) is 0.714. The molecule has 0 amide bonds. The molecule has 8 heavy (non-hydrogen) atoms. The lowest BCUT2D eigenvalue weighted by Crippen LogP contribution is -2.06. The van der Waals surface area contributed by atoms with Gasteiger partial charge in [-0.05, 0) is 24.9 Å². The number of allylic oxidation sites excluding steroid dienone is 1. The monoisotopic (exact) mass is 128 g/mol. The van der Waals surface area contributed by atoms with E-state index >= 15 is 0 Å². The van der Waals surface area contributed by atoms with Gasteiger partial charge in [0.05, 0.1) is 0 Å². The third-order valence-corrected chi connectivity index (χ3v) is 2.59. The van der Waals surface area contributed by atoms with Crippen molar-refractivity contribution in [3.63, 3.8) is 0 Å². The number of hydrogen-bond donors (Lipinski definition) is 0. The lowest BCUT2D eigenvalue weighted by molar-refractivity contribution is 0.611. The van der Waals surface area contributed by atoms with Crippen LogP contribution in [0, 0.1) is 0 Å². The predicted octanol–water partition coefficient (Wildman–Crippen LogP) is 2.36. The summed E-state index contributed by atoms with van der Waals surface area (Å²) in [6.45, 7) is 3.97. The molecule has 1 rings (SSSR count). The van der Waals surface area contributed by atoms with Crippen LogP contribution < -0.4 is 0 Å². The molecule has 0 aliphatic heterocycles. The van der Waals surface area contributed by atoms with E-state index in [2.05, 4.69) is 15.8 Å². The van der Waals surface area contributed by atoms with Gasteiger partial charge in [0.15, 0.2) is 0 Å². The molecule has 1 heteroatoms. The SMILES string of the molecule is C=C1CCCCC1P. The van der Waals surface area contributed by atoms with E-state index in [0.717, 1.165) is 5.66 Å². The number of rotatable bonds is 0. The summed E-state index contributed by atoms with van der Waals surface area (Å²) >= 11 is 0. The Balaban J connectivity index is 2.39. The fourth-order valence-corrected chi connectivity index (χ4v) is 1.51. The van der Waals surface area contributed by atoms with Crippen molar-refractivity contribution in [3.8, 4) is 0 Å². The summed E-state index contributed by atoms with van der Waals surface area (Å²) < 4.78 is 0. The van der Waals surface area contributed by atoms with Crippen LogP contribution in [0.2, 0.25) is 0 Å². The Morgan fingerprint density at radius 1 is 1.50 bits per heavy atom. The first-order valence-electron chi connectivity index (χ1n) is 3.24. The zero-order valence-electron chi connectivity index (χ0n) is 5.19. The van der Waals surface area contributed by atoms with Crippen molar-refractivity contribution in [3.05, 3.63) is 12.2 Å². The fourth-order valence-electron chi connectivity index (χ4n) is 1.11. The van der Waals surface area contributed by atoms with Gasteiger partial charge in [-0.15, -0.1) is 9.24 Å². The maximum atomic E-state index is 3.97. The molecule has 1 saturated carbocycles. The molecule has 46 valence electrons. The van der Waals surface area contributed by atoms with Gasteiger partial charge in [0.2, 0.25) is 0 Å². The van der Waals surface area contributed by atoms with Crippen LogP contribution in [0.3, 0.4) is 0 Å². The molecule has 0 heterocycles. The minimum absolute atomic E-state index is 0.726. The first-order chi connectivity index (χ1) is 3.80. The molecule has 0 radical (unpaired) electrons. The van der Waals surface area contributed by atoms with Crippen LogP contribution in [0.25, 0.3) is 0 Å². The van der Waals surface area contributed by atoms with Gasteiger partial charge in [-0.3, -0.25) is 0 Å². The van der Waals surface area contributed by atoms with Gasteiger partial charge >= 0.3 is 0 Å². The van der Waals surface area contributed by atoms with E-state index in [1.165, 1.54) is 31.3 Å². The van der Waals surface area contributed by atoms with E-state index in [9.17, 15) is 0 Å². The van der Waals surface area contributed by atoms with Crippen LogP contribution in [-0.2, 0) is 0 Å². The lowest BCUT2D eigenvalue weighted by atomic mass is 9.96. The highest BCUT2D eigenvalue weighted by Gasteiger charge is 2.10. The van der Waals surface area contributed by atoms with Crippen molar-refractivity contribution in [1.82, 2.24) is 0 Å². The summed E-state index contributed by atoms with van der Waals surface area (Å²) in [5, 5.41) is 0. The average molecular weight is 128 g/mol. The van der Waals surface area contributed by atoms with Crippen molar-refractivity contribution in [1.29, 1.82) is 0 Å². The molecule has 1 fully saturated rings. The molecule has 1 aliphatic carbocycles. The summed E-state index contributed by atoms with van der Waals surface area (Å²) in [5.74, 6) is 0. The van der Waals surface area contributed by atoms with Crippen LogP contribution in [0.4, 0.5) is 0 Å². The minimum atomic E-state index is 0.726. The summed E-state index contributed by atoms with van der Waals surface area (Å²) in [7, 11) is 2.85. The zero-order chi connectivity index (χ0) is 5.98. The van der Waals surface area contributed by atoms with Gasteiger partial charge in [0, 0.05) is 0 Å². The van der Waals surface area contributed by atoms with E-state index in [-0.39, 0.29) is 0 Å². The van der Waals surface area contributed by atoms with Crippen LogP contribution in [0.5, 0.6) is 0 Å². The normalized spacial score (nSPS) is 30.6. The molecule has 1 aliphatic rings. The highest BCUT2D eigenvalue weighted by Crippen LogP contribution is 2.27. The molecule has 0 aromatic heterocycles.